The first kappa shape index (κ1) is 14.5. The average Bonchev–Trinajstić information content (AvgIpc) is 2.33. The molecule has 0 saturated heterocycles. The number of nitriles is 1. The first-order valence-electron chi connectivity index (χ1n) is 7.23. The van der Waals surface area contributed by atoms with Crippen LogP contribution in [0, 0.1) is 40.9 Å². The first-order valence-corrected chi connectivity index (χ1v) is 7.23. The topological polar surface area (TPSA) is 49.8 Å². The van der Waals surface area contributed by atoms with Crippen LogP contribution in [-0.4, -0.2) is 6.04 Å². The fraction of sp³-hybridized carbons (Fsp3) is 0.933. The zero-order chi connectivity index (χ0) is 13.0. The van der Waals surface area contributed by atoms with Crippen molar-refractivity contribution >= 4 is 0 Å². The fourth-order valence-corrected chi connectivity index (χ4v) is 3.75. The van der Waals surface area contributed by atoms with Crippen LogP contribution >= 0.6 is 0 Å². The Morgan fingerprint density at radius 3 is 2.24 bits per heavy atom. The van der Waals surface area contributed by atoms with E-state index in [-0.39, 0.29) is 12.0 Å². The molecule has 17 heavy (non-hydrogen) atoms. The molecule has 0 aromatic heterocycles. The van der Waals surface area contributed by atoms with E-state index in [1.54, 1.807) is 0 Å². The molecule has 98 valence electrons. The summed E-state index contributed by atoms with van der Waals surface area (Å²) in [6, 6.07) is 2.74. The molecule has 0 amide bonds. The molecule has 0 aliphatic heterocycles. The average molecular weight is 236 g/mol. The lowest BCUT2D eigenvalue weighted by atomic mass is 9.59. The summed E-state index contributed by atoms with van der Waals surface area (Å²) in [5.74, 6) is 2.26. The van der Waals surface area contributed by atoms with E-state index in [1.165, 1.54) is 19.3 Å². The van der Waals surface area contributed by atoms with E-state index in [1.807, 2.05) is 0 Å². The van der Waals surface area contributed by atoms with Gasteiger partial charge in [0.15, 0.2) is 0 Å². The molecular formula is C15H28N2. The van der Waals surface area contributed by atoms with Crippen molar-refractivity contribution < 1.29 is 0 Å². The quantitative estimate of drug-likeness (QED) is 0.811. The van der Waals surface area contributed by atoms with Gasteiger partial charge in [-0.15, -0.1) is 0 Å². The van der Waals surface area contributed by atoms with E-state index >= 15 is 0 Å². The Morgan fingerprint density at radius 1 is 1.12 bits per heavy atom. The molecular weight excluding hydrogens is 208 g/mol. The van der Waals surface area contributed by atoms with Gasteiger partial charge in [-0.25, -0.2) is 0 Å². The Labute approximate surface area is 107 Å². The Hall–Kier alpha value is -0.550. The summed E-state index contributed by atoms with van der Waals surface area (Å²) in [7, 11) is 0. The summed E-state index contributed by atoms with van der Waals surface area (Å²) >= 11 is 0. The van der Waals surface area contributed by atoms with Gasteiger partial charge in [0.1, 0.15) is 0 Å². The number of rotatable bonds is 4. The van der Waals surface area contributed by atoms with Crippen LogP contribution in [0.25, 0.3) is 0 Å². The zero-order valence-corrected chi connectivity index (χ0v) is 11.8. The van der Waals surface area contributed by atoms with E-state index in [0.717, 1.165) is 6.42 Å². The van der Waals surface area contributed by atoms with E-state index in [2.05, 4.69) is 33.8 Å². The largest absolute Gasteiger partial charge is 0.327 e. The number of hydrogen-bond acceptors (Lipinski definition) is 2. The molecule has 1 aliphatic rings. The molecule has 0 aromatic rings. The molecule has 1 saturated carbocycles. The van der Waals surface area contributed by atoms with Crippen molar-refractivity contribution in [1.29, 1.82) is 5.26 Å². The summed E-state index contributed by atoms with van der Waals surface area (Å²) < 4.78 is 0. The maximum absolute atomic E-state index is 9.40. The Balaban J connectivity index is 2.84. The molecule has 0 bridgehead atoms. The van der Waals surface area contributed by atoms with Gasteiger partial charge in [-0.3, -0.25) is 0 Å². The lowest BCUT2D eigenvalue weighted by Gasteiger charge is -2.46. The molecule has 2 heteroatoms. The smallest absolute Gasteiger partial charge is 0.0662 e. The normalized spacial score (nSPS) is 42.1. The molecule has 1 fully saturated rings. The monoisotopic (exact) mass is 236 g/mol. The van der Waals surface area contributed by atoms with E-state index in [9.17, 15) is 5.26 Å². The second kappa shape index (κ2) is 6.40. The van der Waals surface area contributed by atoms with Gasteiger partial charge in [-0.05, 0) is 30.1 Å². The SMILES string of the molecule is CCCCC1C(C)C(N)C(CC)C(C#N)C1C. The number of unbranched alkanes of at least 4 members (excludes halogenated alkanes) is 1. The minimum atomic E-state index is 0.160. The van der Waals surface area contributed by atoms with Crippen molar-refractivity contribution in [3.05, 3.63) is 0 Å². The number of nitrogens with zero attached hydrogens (tertiary/aromatic N) is 1. The van der Waals surface area contributed by atoms with Gasteiger partial charge in [-0.1, -0.05) is 47.0 Å². The van der Waals surface area contributed by atoms with Gasteiger partial charge in [0, 0.05) is 6.04 Å². The van der Waals surface area contributed by atoms with Crippen LogP contribution in [0.3, 0.4) is 0 Å². The van der Waals surface area contributed by atoms with Crippen LogP contribution in [0.5, 0.6) is 0 Å². The second-order valence-electron chi connectivity index (χ2n) is 5.83. The summed E-state index contributed by atoms with van der Waals surface area (Å²) in [4.78, 5) is 0. The number of hydrogen-bond donors (Lipinski definition) is 1. The lowest BCUT2D eigenvalue weighted by Crippen LogP contribution is -2.51. The number of nitrogens with two attached hydrogens (primary N) is 1. The summed E-state index contributed by atoms with van der Waals surface area (Å²) in [5.41, 5.74) is 6.37. The van der Waals surface area contributed by atoms with Gasteiger partial charge in [0.05, 0.1) is 12.0 Å². The summed E-state index contributed by atoms with van der Waals surface area (Å²) in [6.45, 7) is 8.95. The molecule has 0 heterocycles. The molecule has 0 radical (unpaired) electrons. The van der Waals surface area contributed by atoms with Crippen LogP contribution in [0.15, 0.2) is 0 Å². The Bertz CT molecular complexity index is 269. The van der Waals surface area contributed by atoms with Crippen molar-refractivity contribution in [3.63, 3.8) is 0 Å². The maximum Gasteiger partial charge on any atom is 0.0662 e. The summed E-state index contributed by atoms with van der Waals surface area (Å²) in [5, 5.41) is 9.40. The molecule has 1 aliphatic carbocycles. The molecule has 6 unspecified atom stereocenters. The lowest BCUT2D eigenvalue weighted by molar-refractivity contribution is 0.0527. The predicted octanol–water partition coefficient (Wildman–Crippen LogP) is 3.57. The molecule has 0 aromatic carbocycles. The minimum absolute atomic E-state index is 0.160. The molecule has 1 rings (SSSR count). The third-order valence-corrected chi connectivity index (χ3v) is 4.99. The van der Waals surface area contributed by atoms with Gasteiger partial charge in [0.25, 0.3) is 0 Å². The first-order chi connectivity index (χ1) is 8.08. The van der Waals surface area contributed by atoms with E-state index in [0.29, 0.717) is 23.7 Å². The standard InChI is InChI=1S/C15H28N2/c1-5-7-8-13-10(3)14(9-16)12(6-2)15(17)11(13)4/h10-15H,5-8,17H2,1-4H3. The van der Waals surface area contributed by atoms with Gasteiger partial charge < -0.3 is 5.73 Å². The van der Waals surface area contributed by atoms with Crippen molar-refractivity contribution in [2.75, 3.05) is 0 Å². The highest BCUT2D eigenvalue weighted by Gasteiger charge is 2.44. The van der Waals surface area contributed by atoms with Crippen molar-refractivity contribution in [1.82, 2.24) is 0 Å². The van der Waals surface area contributed by atoms with E-state index in [4.69, 9.17) is 5.73 Å². The van der Waals surface area contributed by atoms with Crippen molar-refractivity contribution in [3.8, 4) is 6.07 Å². The Morgan fingerprint density at radius 2 is 1.76 bits per heavy atom. The Kier molecular flexibility index (Phi) is 5.46. The van der Waals surface area contributed by atoms with Gasteiger partial charge in [0.2, 0.25) is 0 Å². The van der Waals surface area contributed by atoms with Crippen LogP contribution in [-0.2, 0) is 0 Å². The highest BCUT2D eigenvalue weighted by molar-refractivity contribution is 5.03. The zero-order valence-electron chi connectivity index (χ0n) is 11.8. The molecule has 2 nitrogen and oxygen atoms in total. The third kappa shape index (κ3) is 2.83. The van der Waals surface area contributed by atoms with E-state index < -0.39 is 0 Å². The summed E-state index contributed by atoms with van der Waals surface area (Å²) in [6.07, 6.45) is 4.77. The van der Waals surface area contributed by atoms with Gasteiger partial charge >= 0.3 is 0 Å². The van der Waals surface area contributed by atoms with Crippen molar-refractivity contribution in [2.24, 2.45) is 35.3 Å². The molecule has 6 atom stereocenters. The van der Waals surface area contributed by atoms with Crippen LogP contribution in [0.4, 0.5) is 0 Å². The fourth-order valence-electron chi connectivity index (χ4n) is 3.75. The molecule has 2 N–H and O–H groups in total. The minimum Gasteiger partial charge on any atom is -0.327 e. The van der Waals surface area contributed by atoms with Crippen LogP contribution < -0.4 is 5.73 Å². The highest BCUT2D eigenvalue weighted by Crippen LogP contribution is 2.44. The second-order valence-corrected chi connectivity index (χ2v) is 5.83. The maximum atomic E-state index is 9.40. The van der Waals surface area contributed by atoms with Gasteiger partial charge in [-0.2, -0.15) is 5.26 Å². The third-order valence-electron chi connectivity index (χ3n) is 4.99. The highest BCUT2D eigenvalue weighted by atomic mass is 14.7. The van der Waals surface area contributed by atoms with Crippen LogP contribution in [0.2, 0.25) is 0 Å². The van der Waals surface area contributed by atoms with Crippen molar-refractivity contribution in [2.45, 2.75) is 59.4 Å². The van der Waals surface area contributed by atoms with Crippen LogP contribution in [0.1, 0.15) is 53.4 Å². The molecule has 0 spiro atoms. The predicted molar refractivity (Wildman–Crippen MR) is 72.2 cm³/mol.